The quantitative estimate of drug-likeness (QED) is 0.411. The number of benzene rings is 3. The van der Waals surface area contributed by atoms with E-state index in [0.717, 1.165) is 11.1 Å². The zero-order valence-corrected chi connectivity index (χ0v) is 20.6. The van der Waals surface area contributed by atoms with E-state index in [2.05, 4.69) is 39.8 Å². The molecule has 0 bridgehead atoms. The highest BCUT2D eigenvalue weighted by atomic mass is 16.5. The van der Waals surface area contributed by atoms with Crippen molar-refractivity contribution in [1.29, 1.82) is 0 Å². The second kappa shape index (κ2) is 12.0. The van der Waals surface area contributed by atoms with Gasteiger partial charge in [-0.1, -0.05) is 78.9 Å². The zero-order valence-electron chi connectivity index (χ0n) is 20.6. The molecule has 7 nitrogen and oxygen atoms in total. The number of rotatable bonds is 10. The molecular weight excluding hydrogens is 454 g/mol. The highest BCUT2D eigenvalue weighted by Crippen LogP contribution is 2.34. The molecule has 3 aromatic carbocycles. The van der Waals surface area contributed by atoms with Gasteiger partial charge in [-0.25, -0.2) is 9.59 Å². The molecule has 1 heterocycles. The monoisotopic (exact) mass is 485 g/mol. The van der Waals surface area contributed by atoms with Crippen molar-refractivity contribution < 1.29 is 19.1 Å². The Balaban J connectivity index is 1.74. The van der Waals surface area contributed by atoms with Gasteiger partial charge in [-0.2, -0.15) is 0 Å². The average Bonchev–Trinajstić information content (AvgIpc) is 2.89. The van der Waals surface area contributed by atoms with Gasteiger partial charge in [0.25, 0.3) is 0 Å². The number of methoxy groups -OCH3 is 1. The number of carbonyl (C=O) groups is 2. The van der Waals surface area contributed by atoms with E-state index in [-0.39, 0.29) is 6.03 Å². The van der Waals surface area contributed by atoms with E-state index in [1.165, 1.54) is 7.11 Å². The van der Waals surface area contributed by atoms with Gasteiger partial charge in [0, 0.05) is 30.9 Å². The van der Waals surface area contributed by atoms with Crippen molar-refractivity contribution in [2.75, 3.05) is 20.3 Å². The second-order valence-electron chi connectivity index (χ2n) is 8.50. The molecule has 0 aliphatic carbocycles. The first kappa shape index (κ1) is 25.0. The fourth-order valence-electron chi connectivity index (χ4n) is 4.41. The largest absolute Gasteiger partial charge is 0.494 e. The first-order valence-corrected chi connectivity index (χ1v) is 12.0. The van der Waals surface area contributed by atoms with E-state index in [9.17, 15) is 9.59 Å². The Morgan fingerprint density at radius 2 is 1.44 bits per heavy atom. The summed E-state index contributed by atoms with van der Waals surface area (Å²) in [6.45, 7) is 3.97. The van der Waals surface area contributed by atoms with Gasteiger partial charge in [-0.15, -0.1) is 0 Å². The zero-order chi connectivity index (χ0) is 25.3. The molecule has 0 saturated carbocycles. The van der Waals surface area contributed by atoms with Crippen LogP contribution in [0.3, 0.4) is 0 Å². The van der Waals surface area contributed by atoms with E-state index < -0.39 is 12.0 Å². The van der Waals surface area contributed by atoms with Gasteiger partial charge in [0.1, 0.15) is 5.75 Å². The Morgan fingerprint density at radius 3 is 2.03 bits per heavy atom. The smallest absolute Gasteiger partial charge is 0.338 e. The van der Waals surface area contributed by atoms with Gasteiger partial charge in [-0.05, 0) is 24.1 Å². The first-order chi connectivity index (χ1) is 17.6. The number of amides is 2. The van der Waals surface area contributed by atoms with Crippen LogP contribution in [0, 0.1) is 0 Å². The molecule has 1 unspecified atom stereocenters. The molecule has 1 aliphatic rings. The maximum atomic E-state index is 13.1. The molecule has 1 aliphatic heterocycles. The van der Waals surface area contributed by atoms with Crippen LogP contribution in [-0.2, 0) is 22.6 Å². The Labute approximate surface area is 211 Å². The highest BCUT2D eigenvalue weighted by molar-refractivity contribution is 5.95. The number of carbonyl (C=O) groups excluding carboxylic acids is 2. The van der Waals surface area contributed by atoms with Crippen molar-refractivity contribution in [3.05, 3.63) is 113 Å². The fourth-order valence-corrected chi connectivity index (χ4v) is 4.41. The van der Waals surface area contributed by atoms with E-state index in [1.807, 2.05) is 67.6 Å². The number of hydrogen-bond acceptors (Lipinski definition) is 5. The molecule has 3 aromatic rings. The molecule has 0 fully saturated rings. The molecule has 4 rings (SSSR count). The van der Waals surface area contributed by atoms with Gasteiger partial charge in [0.2, 0.25) is 0 Å². The summed E-state index contributed by atoms with van der Waals surface area (Å²) in [4.78, 5) is 28.1. The maximum Gasteiger partial charge on any atom is 0.338 e. The molecule has 0 radical (unpaired) electrons. The van der Waals surface area contributed by atoms with Crippen LogP contribution in [0.2, 0.25) is 0 Å². The summed E-state index contributed by atoms with van der Waals surface area (Å²) < 4.78 is 11.0. The van der Waals surface area contributed by atoms with Crippen LogP contribution in [0.4, 0.5) is 4.79 Å². The lowest BCUT2D eigenvalue weighted by atomic mass is 9.94. The molecular formula is C29H31N3O4. The number of esters is 1. The lowest BCUT2D eigenvalue weighted by Gasteiger charge is -2.32. The van der Waals surface area contributed by atoms with Gasteiger partial charge < -0.3 is 20.1 Å². The van der Waals surface area contributed by atoms with Gasteiger partial charge in [-0.3, -0.25) is 4.90 Å². The second-order valence-corrected chi connectivity index (χ2v) is 8.50. The average molecular weight is 486 g/mol. The van der Waals surface area contributed by atoms with Gasteiger partial charge in [0.05, 0.1) is 25.3 Å². The number of ether oxygens (including phenoxy) is 2. The van der Waals surface area contributed by atoms with Crippen LogP contribution in [0.5, 0.6) is 5.75 Å². The molecule has 36 heavy (non-hydrogen) atoms. The number of nitrogens with zero attached hydrogens (tertiary/aromatic N) is 1. The Bertz CT molecular complexity index is 1170. The summed E-state index contributed by atoms with van der Waals surface area (Å²) in [7, 11) is 1.35. The van der Waals surface area contributed by atoms with Crippen molar-refractivity contribution in [3.8, 4) is 5.75 Å². The Hall–Kier alpha value is -4.10. The molecule has 186 valence electrons. The molecule has 1 atom stereocenters. The predicted octanol–water partition coefficient (Wildman–Crippen LogP) is 4.57. The number of urea groups is 1. The van der Waals surface area contributed by atoms with Crippen molar-refractivity contribution in [2.45, 2.75) is 26.1 Å². The van der Waals surface area contributed by atoms with Crippen molar-refractivity contribution >= 4 is 12.0 Å². The minimum absolute atomic E-state index is 0.342. The lowest BCUT2D eigenvalue weighted by molar-refractivity contribution is -0.136. The van der Waals surface area contributed by atoms with Crippen LogP contribution in [0.1, 0.15) is 29.7 Å². The number of nitrogens with one attached hydrogen (secondary N) is 2. The number of para-hydroxylation sites is 1. The Kier molecular flexibility index (Phi) is 8.36. The predicted molar refractivity (Wildman–Crippen MR) is 138 cm³/mol. The van der Waals surface area contributed by atoms with E-state index in [0.29, 0.717) is 48.8 Å². The van der Waals surface area contributed by atoms with Crippen LogP contribution < -0.4 is 15.4 Å². The highest BCUT2D eigenvalue weighted by Gasteiger charge is 2.35. The minimum atomic E-state index is -0.709. The molecule has 7 heteroatoms. The van der Waals surface area contributed by atoms with E-state index in [1.54, 1.807) is 0 Å². The summed E-state index contributed by atoms with van der Waals surface area (Å²) in [6, 6.07) is 26.6. The maximum absolute atomic E-state index is 13.1. The Morgan fingerprint density at radius 1 is 0.861 bits per heavy atom. The minimum Gasteiger partial charge on any atom is -0.494 e. The lowest BCUT2D eigenvalue weighted by Crippen LogP contribution is -2.48. The summed E-state index contributed by atoms with van der Waals surface area (Å²) in [6.07, 6.45) is 0. The molecule has 0 spiro atoms. The molecule has 2 amide bonds. The van der Waals surface area contributed by atoms with Crippen molar-refractivity contribution in [1.82, 2.24) is 15.5 Å². The van der Waals surface area contributed by atoms with E-state index in [4.69, 9.17) is 9.47 Å². The molecule has 0 aromatic heterocycles. The summed E-state index contributed by atoms with van der Waals surface area (Å²) in [5.74, 6) is 0.103. The third-order valence-electron chi connectivity index (χ3n) is 5.97. The van der Waals surface area contributed by atoms with Gasteiger partial charge >= 0.3 is 12.0 Å². The summed E-state index contributed by atoms with van der Waals surface area (Å²) >= 11 is 0. The normalized spacial score (nSPS) is 15.3. The van der Waals surface area contributed by atoms with Crippen molar-refractivity contribution in [2.24, 2.45) is 0 Å². The summed E-state index contributed by atoms with van der Waals surface area (Å²) in [5.41, 5.74) is 3.83. The third kappa shape index (κ3) is 6.12. The third-order valence-corrected chi connectivity index (χ3v) is 5.97. The SMILES string of the molecule is CCOc1ccccc1C1NC(=O)NC(CN(Cc2ccccc2)Cc2ccccc2)=C1C(=O)OC. The molecule has 2 N–H and O–H groups in total. The van der Waals surface area contributed by atoms with Crippen LogP contribution in [-0.4, -0.2) is 37.2 Å². The van der Waals surface area contributed by atoms with Crippen LogP contribution >= 0.6 is 0 Å². The standard InChI is InChI=1S/C29H31N3O4/c1-3-36-25-17-11-10-16-23(25)27-26(28(33)35-2)24(30-29(34)31-27)20-32(18-21-12-6-4-7-13-21)19-22-14-8-5-9-15-22/h4-17,27H,3,18-20H2,1-2H3,(H2,30,31,34). The first-order valence-electron chi connectivity index (χ1n) is 12.0. The van der Waals surface area contributed by atoms with Crippen molar-refractivity contribution in [3.63, 3.8) is 0 Å². The molecule has 0 saturated heterocycles. The van der Waals surface area contributed by atoms with Crippen LogP contribution in [0.25, 0.3) is 0 Å². The fraction of sp³-hybridized carbons (Fsp3) is 0.241. The van der Waals surface area contributed by atoms with Crippen LogP contribution in [0.15, 0.2) is 96.2 Å². The van der Waals surface area contributed by atoms with Gasteiger partial charge in [0.15, 0.2) is 0 Å². The topological polar surface area (TPSA) is 79.9 Å². The summed E-state index contributed by atoms with van der Waals surface area (Å²) in [5, 5.41) is 5.77. The van der Waals surface area contributed by atoms with E-state index >= 15 is 0 Å². The number of hydrogen-bond donors (Lipinski definition) is 2.